The van der Waals surface area contributed by atoms with E-state index >= 15 is 0 Å². The van der Waals surface area contributed by atoms with E-state index < -0.39 is 12.0 Å². The van der Waals surface area contributed by atoms with E-state index in [9.17, 15) is 9.59 Å². The van der Waals surface area contributed by atoms with Gasteiger partial charge in [-0.25, -0.2) is 4.98 Å². The number of carboxylic acids is 1. The van der Waals surface area contributed by atoms with Gasteiger partial charge in [0, 0.05) is 18.5 Å². The van der Waals surface area contributed by atoms with Gasteiger partial charge in [-0.1, -0.05) is 6.92 Å². The zero-order valence-corrected chi connectivity index (χ0v) is 11.6. The first-order valence-corrected chi connectivity index (χ1v) is 7.15. The normalized spacial score (nSPS) is 20.3. The quantitative estimate of drug-likeness (QED) is 0.821. The van der Waals surface area contributed by atoms with Gasteiger partial charge in [-0.3, -0.25) is 14.5 Å². The zero-order chi connectivity index (χ0) is 13.8. The molecule has 0 aromatic carbocycles. The Labute approximate surface area is 115 Å². The molecular weight excluding hydrogens is 266 g/mol. The van der Waals surface area contributed by atoms with Crippen LogP contribution in [0.2, 0.25) is 0 Å². The number of piperazine rings is 1. The maximum Gasteiger partial charge on any atom is 0.322 e. The van der Waals surface area contributed by atoms with E-state index in [1.165, 1.54) is 0 Å². The molecule has 1 aliphatic heterocycles. The minimum atomic E-state index is -0.913. The third kappa shape index (κ3) is 3.51. The predicted octanol–water partition coefficient (Wildman–Crippen LogP) is 0.481. The highest BCUT2D eigenvalue weighted by Crippen LogP contribution is 2.15. The maximum atomic E-state index is 11.4. The molecule has 1 amide bonds. The van der Waals surface area contributed by atoms with Gasteiger partial charge < -0.3 is 10.4 Å². The van der Waals surface area contributed by atoms with Crippen molar-refractivity contribution < 1.29 is 14.7 Å². The highest BCUT2D eigenvalue weighted by atomic mass is 32.1. The van der Waals surface area contributed by atoms with Crippen molar-refractivity contribution in [2.24, 2.45) is 0 Å². The average molecular weight is 283 g/mol. The minimum absolute atomic E-state index is 0.109. The van der Waals surface area contributed by atoms with E-state index in [1.807, 2.05) is 5.38 Å². The first-order valence-electron chi connectivity index (χ1n) is 6.27. The molecule has 104 valence electrons. The molecule has 0 saturated carbocycles. The highest BCUT2D eigenvalue weighted by Gasteiger charge is 2.32. The summed E-state index contributed by atoms with van der Waals surface area (Å²) in [5.74, 6) is -1.05. The molecule has 19 heavy (non-hydrogen) atoms. The van der Waals surface area contributed by atoms with E-state index in [2.05, 4.69) is 17.2 Å². The molecule has 7 heteroatoms. The molecule has 1 aromatic rings. The first kappa shape index (κ1) is 14.0. The Morgan fingerprint density at radius 2 is 2.47 bits per heavy atom. The number of hydrogen-bond donors (Lipinski definition) is 2. The number of carboxylic acid groups (broad SMARTS) is 1. The maximum absolute atomic E-state index is 11.4. The number of aliphatic carboxylic acids is 1. The van der Waals surface area contributed by atoms with Crippen LogP contribution in [0.1, 0.15) is 24.0 Å². The van der Waals surface area contributed by atoms with Crippen LogP contribution >= 0.6 is 11.3 Å². The van der Waals surface area contributed by atoms with Crippen molar-refractivity contribution in [2.45, 2.75) is 32.4 Å². The summed E-state index contributed by atoms with van der Waals surface area (Å²) in [5, 5.41) is 14.7. The number of thiazole rings is 1. The van der Waals surface area contributed by atoms with Gasteiger partial charge in [0.15, 0.2) is 0 Å². The topological polar surface area (TPSA) is 82.5 Å². The summed E-state index contributed by atoms with van der Waals surface area (Å²) in [6, 6.07) is -0.672. The molecule has 6 nitrogen and oxygen atoms in total. The van der Waals surface area contributed by atoms with Gasteiger partial charge in [0.05, 0.1) is 17.2 Å². The van der Waals surface area contributed by atoms with Gasteiger partial charge in [-0.05, 0) is 12.8 Å². The van der Waals surface area contributed by atoms with E-state index in [4.69, 9.17) is 5.11 Å². The van der Waals surface area contributed by atoms with Crippen LogP contribution in [0.25, 0.3) is 0 Å². The molecule has 1 aliphatic rings. The highest BCUT2D eigenvalue weighted by molar-refractivity contribution is 7.09. The summed E-state index contributed by atoms with van der Waals surface area (Å²) in [5.41, 5.74) is 0.842. The van der Waals surface area contributed by atoms with Crippen LogP contribution < -0.4 is 5.32 Å². The summed E-state index contributed by atoms with van der Waals surface area (Å²) < 4.78 is 0. The van der Waals surface area contributed by atoms with Crippen molar-refractivity contribution in [3.63, 3.8) is 0 Å². The Kier molecular flexibility index (Phi) is 4.49. The molecule has 2 N–H and O–H groups in total. The Morgan fingerprint density at radius 3 is 3.16 bits per heavy atom. The lowest BCUT2D eigenvalue weighted by atomic mass is 10.2. The standard InChI is InChI=1S/C12H17N3O3S/c1-2-3-11-14-8(7-19-11)5-15-6-10(16)13-4-9(15)12(17)18/h7,9H,2-6H2,1H3,(H,13,16)(H,17,18). The number of aromatic nitrogens is 1. The average Bonchev–Trinajstić information content (AvgIpc) is 2.77. The molecule has 0 bridgehead atoms. The molecule has 0 aliphatic carbocycles. The number of nitrogens with one attached hydrogen (secondary N) is 1. The lowest BCUT2D eigenvalue weighted by Gasteiger charge is -2.31. The van der Waals surface area contributed by atoms with Gasteiger partial charge >= 0.3 is 5.97 Å². The summed E-state index contributed by atoms with van der Waals surface area (Å²) >= 11 is 1.59. The molecule has 0 radical (unpaired) electrons. The fraction of sp³-hybridized carbons (Fsp3) is 0.583. The summed E-state index contributed by atoms with van der Waals surface area (Å²) in [7, 11) is 0. The molecule has 1 aromatic heterocycles. The van der Waals surface area contributed by atoms with Crippen molar-refractivity contribution >= 4 is 23.2 Å². The molecule has 2 rings (SSSR count). The Balaban J connectivity index is 2.05. The zero-order valence-electron chi connectivity index (χ0n) is 10.8. The van der Waals surface area contributed by atoms with E-state index in [1.54, 1.807) is 16.2 Å². The third-order valence-corrected chi connectivity index (χ3v) is 3.95. The van der Waals surface area contributed by atoms with Crippen LogP contribution in [-0.4, -0.2) is 46.0 Å². The molecular formula is C12H17N3O3S. The van der Waals surface area contributed by atoms with Crippen molar-refractivity contribution in [1.29, 1.82) is 0 Å². The summed E-state index contributed by atoms with van der Waals surface area (Å²) in [4.78, 5) is 28.7. The van der Waals surface area contributed by atoms with Gasteiger partial charge in [0.2, 0.25) is 5.91 Å². The number of nitrogens with zero attached hydrogens (tertiary/aromatic N) is 2. The second-order valence-electron chi connectivity index (χ2n) is 4.55. The smallest absolute Gasteiger partial charge is 0.322 e. The van der Waals surface area contributed by atoms with Gasteiger partial charge in [-0.2, -0.15) is 0 Å². The van der Waals surface area contributed by atoms with Crippen LogP contribution in [0, 0.1) is 0 Å². The van der Waals surface area contributed by atoms with Crippen molar-refractivity contribution in [3.8, 4) is 0 Å². The largest absolute Gasteiger partial charge is 0.480 e. The third-order valence-electron chi connectivity index (χ3n) is 2.99. The fourth-order valence-electron chi connectivity index (χ4n) is 2.06. The molecule has 1 fully saturated rings. The fourth-order valence-corrected chi connectivity index (χ4v) is 2.95. The van der Waals surface area contributed by atoms with Crippen LogP contribution in [-0.2, 0) is 22.6 Å². The Hall–Kier alpha value is -1.47. The van der Waals surface area contributed by atoms with Crippen LogP contribution in [0.15, 0.2) is 5.38 Å². The van der Waals surface area contributed by atoms with E-state index in [-0.39, 0.29) is 19.0 Å². The predicted molar refractivity (Wildman–Crippen MR) is 71.0 cm³/mol. The van der Waals surface area contributed by atoms with E-state index in [0.29, 0.717) is 6.54 Å². The summed E-state index contributed by atoms with van der Waals surface area (Å²) in [6.07, 6.45) is 1.98. The number of carbonyl (C=O) groups excluding carboxylic acids is 1. The van der Waals surface area contributed by atoms with Crippen molar-refractivity contribution in [3.05, 3.63) is 16.1 Å². The lowest BCUT2D eigenvalue weighted by Crippen LogP contribution is -2.56. The summed E-state index contributed by atoms with van der Waals surface area (Å²) in [6.45, 7) is 2.76. The number of hydrogen-bond acceptors (Lipinski definition) is 5. The minimum Gasteiger partial charge on any atom is -0.480 e. The lowest BCUT2D eigenvalue weighted by molar-refractivity contribution is -0.146. The van der Waals surface area contributed by atoms with Gasteiger partial charge in [-0.15, -0.1) is 11.3 Å². The number of amides is 1. The van der Waals surface area contributed by atoms with Crippen molar-refractivity contribution in [2.75, 3.05) is 13.1 Å². The molecule has 1 saturated heterocycles. The van der Waals surface area contributed by atoms with Crippen molar-refractivity contribution in [1.82, 2.24) is 15.2 Å². The Morgan fingerprint density at radius 1 is 1.68 bits per heavy atom. The second-order valence-corrected chi connectivity index (χ2v) is 5.49. The SMILES string of the molecule is CCCc1nc(CN2CC(=O)NCC2C(=O)O)cs1. The number of aryl methyl sites for hydroxylation is 1. The molecule has 0 spiro atoms. The molecule has 2 heterocycles. The van der Waals surface area contributed by atoms with Crippen LogP contribution in [0.4, 0.5) is 0 Å². The van der Waals surface area contributed by atoms with Crippen LogP contribution in [0.3, 0.4) is 0 Å². The monoisotopic (exact) mass is 283 g/mol. The first-order chi connectivity index (χ1) is 9.10. The number of carbonyl (C=O) groups is 2. The van der Waals surface area contributed by atoms with E-state index in [0.717, 1.165) is 23.5 Å². The Bertz CT molecular complexity index is 475. The second kappa shape index (κ2) is 6.12. The van der Waals surface area contributed by atoms with Gasteiger partial charge in [0.1, 0.15) is 6.04 Å². The van der Waals surface area contributed by atoms with Gasteiger partial charge in [0.25, 0.3) is 0 Å². The van der Waals surface area contributed by atoms with Crippen LogP contribution in [0.5, 0.6) is 0 Å². The molecule has 1 atom stereocenters. The number of rotatable bonds is 5. The molecule has 1 unspecified atom stereocenters.